The SMILES string of the molecule is CC(C)c1ccc(-c2cc(C(=O)N/N=C\[C@H](C)Cc3ccc4c(c3)OCO4)c3ccccc3n2)cc1. The molecule has 0 fully saturated rings. The van der Waals surface area contributed by atoms with Crippen LogP contribution in [0.15, 0.2) is 77.9 Å². The van der Waals surface area contributed by atoms with Gasteiger partial charge in [0.2, 0.25) is 6.79 Å². The number of nitrogens with one attached hydrogen (secondary N) is 1. The van der Waals surface area contributed by atoms with Gasteiger partial charge in [0.15, 0.2) is 11.5 Å². The molecule has 1 atom stereocenters. The molecule has 3 aromatic carbocycles. The Bertz CT molecular complexity index is 1430. The Balaban J connectivity index is 1.33. The predicted molar refractivity (Wildman–Crippen MR) is 143 cm³/mol. The fraction of sp³-hybridized carbons (Fsp3) is 0.233. The van der Waals surface area contributed by atoms with Crippen molar-refractivity contribution < 1.29 is 14.3 Å². The summed E-state index contributed by atoms with van der Waals surface area (Å²) in [5, 5.41) is 5.05. The van der Waals surface area contributed by atoms with Gasteiger partial charge in [0.1, 0.15) is 0 Å². The second-order valence-corrected chi connectivity index (χ2v) is 9.44. The van der Waals surface area contributed by atoms with Crippen LogP contribution in [0.4, 0.5) is 0 Å². The Morgan fingerprint density at radius 1 is 1.00 bits per heavy atom. The predicted octanol–water partition coefficient (Wildman–Crippen LogP) is 6.35. The van der Waals surface area contributed by atoms with Crippen LogP contribution >= 0.6 is 0 Å². The largest absolute Gasteiger partial charge is 0.454 e. The van der Waals surface area contributed by atoms with Crippen LogP contribution in [0.2, 0.25) is 0 Å². The van der Waals surface area contributed by atoms with Gasteiger partial charge in [-0.1, -0.05) is 69.3 Å². The van der Waals surface area contributed by atoms with Crippen molar-refractivity contribution in [2.24, 2.45) is 11.0 Å². The number of amides is 1. The van der Waals surface area contributed by atoms with Gasteiger partial charge in [-0.3, -0.25) is 4.79 Å². The van der Waals surface area contributed by atoms with E-state index in [1.165, 1.54) is 5.56 Å². The molecule has 0 saturated carbocycles. The third-order valence-corrected chi connectivity index (χ3v) is 6.32. The third kappa shape index (κ3) is 5.08. The standard InChI is InChI=1S/C30H29N3O3/c1-19(2)22-9-11-23(12-10-22)27-16-25(24-6-4-5-7-26(24)32-27)30(34)33-31-17-20(3)14-21-8-13-28-29(15-21)36-18-35-28/h4-13,15-17,19-20H,14,18H2,1-3H3,(H,33,34)/b31-17-/t20-/m1/s1. The molecule has 1 aliphatic heterocycles. The minimum atomic E-state index is -0.264. The van der Waals surface area contributed by atoms with Gasteiger partial charge < -0.3 is 9.47 Å². The maximum absolute atomic E-state index is 13.2. The van der Waals surface area contributed by atoms with Gasteiger partial charge in [-0.2, -0.15) is 5.10 Å². The summed E-state index contributed by atoms with van der Waals surface area (Å²) >= 11 is 0. The van der Waals surface area contributed by atoms with Crippen molar-refractivity contribution >= 4 is 23.0 Å². The number of hydrazone groups is 1. The molecule has 1 aliphatic rings. The number of nitrogens with zero attached hydrogens (tertiary/aromatic N) is 2. The van der Waals surface area contributed by atoms with E-state index in [2.05, 4.69) is 55.6 Å². The fourth-order valence-electron chi connectivity index (χ4n) is 4.33. The fourth-order valence-corrected chi connectivity index (χ4v) is 4.33. The minimum Gasteiger partial charge on any atom is -0.454 e. The van der Waals surface area contributed by atoms with E-state index < -0.39 is 0 Å². The normalized spacial score (nSPS) is 13.4. The second-order valence-electron chi connectivity index (χ2n) is 9.44. The van der Waals surface area contributed by atoms with E-state index in [-0.39, 0.29) is 18.6 Å². The molecule has 0 spiro atoms. The molecule has 6 nitrogen and oxygen atoms in total. The van der Waals surface area contributed by atoms with Gasteiger partial charge in [-0.15, -0.1) is 0 Å². The van der Waals surface area contributed by atoms with Crippen LogP contribution in [-0.2, 0) is 6.42 Å². The zero-order valence-electron chi connectivity index (χ0n) is 20.7. The quantitative estimate of drug-likeness (QED) is 0.248. The van der Waals surface area contributed by atoms with Gasteiger partial charge in [-0.05, 0) is 53.6 Å². The smallest absolute Gasteiger partial charge is 0.272 e. The van der Waals surface area contributed by atoms with Gasteiger partial charge >= 0.3 is 0 Å². The molecule has 0 saturated heterocycles. The Hall–Kier alpha value is -4.19. The topological polar surface area (TPSA) is 72.8 Å². The van der Waals surface area contributed by atoms with E-state index in [4.69, 9.17) is 14.5 Å². The zero-order valence-corrected chi connectivity index (χ0v) is 20.7. The van der Waals surface area contributed by atoms with E-state index in [0.29, 0.717) is 11.5 Å². The number of carbonyl (C=O) groups is 1. The van der Waals surface area contributed by atoms with Gasteiger partial charge in [0.05, 0.1) is 16.8 Å². The number of hydrogen-bond acceptors (Lipinski definition) is 5. The Morgan fingerprint density at radius 2 is 1.78 bits per heavy atom. The van der Waals surface area contributed by atoms with Crippen molar-refractivity contribution in [2.45, 2.75) is 33.1 Å². The number of hydrogen-bond donors (Lipinski definition) is 1. The highest BCUT2D eigenvalue weighted by Crippen LogP contribution is 2.33. The summed E-state index contributed by atoms with van der Waals surface area (Å²) in [6.45, 7) is 6.65. The van der Waals surface area contributed by atoms with Crippen LogP contribution in [0.5, 0.6) is 11.5 Å². The number of fused-ring (bicyclic) bond motifs is 2. The summed E-state index contributed by atoms with van der Waals surface area (Å²) in [7, 11) is 0. The third-order valence-electron chi connectivity index (χ3n) is 6.32. The van der Waals surface area contributed by atoms with Crippen LogP contribution in [0, 0.1) is 5.92 Å². The molecule has 2 heterocycles. The van der Waals surface area contributed by atoms with Crippen molar-refractivity contribution in [3.05, 3.63) is 89.5 Å². The number of para-hydroxylation sites is 1. The van der Waals surface area contributed by atoms with E-state index in [1.54, 1.807) is 6.21 Å². The first-order valence-electron chi connectivity index (χ1n) is 12.2. The van der Waals surface area contributed by atoms with E-state index in [1.807, 2.05) is 48.5 Å². The Morgan fingerprint density at radius 3 is 2.58 bits per heavy atom. The number of carbonyl (C=O) groups excluding carboxylic acids is 1. The molecule has 5 rings (SSSR count). The van der Waals surface area contributed by atoms with Crippen molar-refractivity contribution in [3.63, 3.8) is 0 Å². The first-order valence-corrected chi connectivity index (χ1v) is 12.2. The highest BCUT2D eigenvalue weighted by atomic mass is 16.7. The van der Waals surface area contributed by atoms with Gasteiger partial charge in [0.25, 0.3) is 5.91 Å². The van der Waals surface area contributed by atoms with Crippen LogP contribution in [0.3, 0.4) is 0 Å². The summed E-state index contributed by atoms with van der Waals surface area (Å²) in [5.41, 5.74) is 8.15. The average Bonchev–Trinajstić information content (AvgIpc) is 3.36. The van der Waals surface area contributed by atoms with E-state index >= 15 is 0 Å². The lowest BCUT2D eigenvalue weighted by atomic mass is 9.99. The monoisotopic (exact) mass is 479 g/mol. The van der Waals surface area contributed by atoms with E-state index in [0.717, 1.165) is 45.6 Å². The van der Waals surface area contributed by atoms with Crippen LogP contribution in [-0.4, -0.2) is 23.9 Å². The highest BCUT2D eigenvalue weighted by Gasteiger charge is 2.15. The summed E-state index contributed by atoms with van der Waals surface area (Å²) in [5.74, 6) is 1.85. The molecule has 0 aliphatic carbocycles. The van der Waals surface area contributed by atoms with Crippen LogP contribution < -0.4 is 14.9 Å². The summed E-state index contributed by atoms with van der Waals surface area (Å²) < 4.78 is 10.8. The van der Waals surface area contributed by atoms with Crippen molar-refractivity contribution in [2.75, 3.05) is 6.79 Å². The van der Waals surface area contributed by atoms with Crippen molar-refractivity contribution in [3.8, 4) is 22.8 Å². The number of benzene rings is 3. The first-order chi connectivity index (χ1) is 17.5. The molecule has 0 unspecified atom stereocenters. The number of rotatable bonds is 7. The zero-order chi connectivity index (χ0) is 25.1. The summed E-state index contributed by atoms with van der Waals surface area (Å²) in [6, 6.07) is 23.8. The lowest BCUT2D eigenvalue weighted by Gasteiger charge is -2.11. The second kappa shape index (κ2) is 10.2. The van der Waals surface area contributed by atoms with E-state index in [9.17, 15) is 4.79 Å². The maximum Gasteiger partial charge on any atom is 0.272 e. The molecule has 6 heteroatoms. The van der Waals surface area contributed by atoms with Crippen LogP contribution in [0.25, 0.3) is 22.2 Å². The molecule has 182 valence electrons. The average molecular weight is 480 g/mol. The molecule has 1 N–H and O–H groups in total. The molecular weight excluding hydrogens is 450 g/mol. The minimum absolute atomic E-state index is 0.120. The lowest BCUT2D eigenvalue weighted by molar-refractivity contribution is 0.0956. The molecule has 1 amide bonds. The molecule has 0 bridgehead atoms. The van der Waals surface area contributed by atoms with Crippen LogP contribution in [0.1, 0.15) is 48.2 Å². The summed E-state index contributed by atoms with van der Waals surface area (Å²) in [6.07, 6.45) is 2.53. The van der Waals surface area contributed by atoms with Crippen molar-refractivity contribution in [1.82, 2.24) is 10.4 Å². The lowest BCUT2D eigenvalue weighted by Crippen LogP contribution is -2.19. The molecule has 0 radical (unpaired) electrons. The summed E-state index contributed by atoms with van der Waals surface area (Å²) in [4.78, 5) is 18.0. The van der Waals surface area contributed by atoms with Crippen molar-refractivity contribution in [1.29, 1.82) is 0 Å². The Labute approximate surface area is 211 Å². The maximum atomic E-state index is 13.2. The van der Waals surface area contributed by atoms with Gasteiger partial charge in [0, 0.05) is 17.2 Å². The number of pyridine rings is 1. The number of aromatic nitrogens is 1. The molecule has 36 heavy (non-hydrogen) atoms. The number of ether oxygens (including phenoxy) is 2. The molecule has 1 aromatic heterocycles. The highest BCUT2D eigenvalue weighted by molar-refractivity contribution is 6.07. The van der Waals surface area contributed by atoms with Gasteiger partial charge in [-0.25, -0.2) is 10.4 Å². The molecular formula is C30H29N3O3. The Kier molecular flexibility index (Phi) is 6.67. The first kappa shape index (κ1) is 23.5. The molecule has 4 aromatic rings.